The quantitative estimate of drug-likeness (QED) is 0.240. The number of primary sulfonamides is 1. The Morgan fingerprint density at radius 3 is 2.35 bits per heavy atom. The molecule has 0 radical (unpaired) electrons. The summed E-state index contributed by atoms with van der Waals surface area (Å²) in [6, 6.07) is 20.4. The van der Waals surface area contributed by atoms with Crippen molar-refractivity contribution in [2.45, 2.75) is 44.7 Å². The summed E-state index contributed by atoms with van der Waals surface area (Å²) >= 11 is 5.15. The lowest BCUT2D eigenvalue weighted by molar-refractivity contribution is 0.135. The van der Waals surface area contributed by atoms with Crippen molar-refractivity contribution in [3.8, 4) is 16.9 Å². The smallest absolute Gasteiger partial charge is 0.410 e. The molecule has 10 heteroatoms. The minimum atomic E-state index is -3.89. The molecule has 0 aliphatic heterocycles. The number of carbonyl (C=O) groups excluding carboxylic acids is 1. The third kappa shape index (κ3) is 7.45. The maximum absolute atomic E-state index is 13.0. The van der Waals surface area contributed by atoms with Crippen molar-refractivity contribution in [2.75, 3.05) is 0 Å². The number of hydrogen-bond acceptors (Lipinski definition) is 5. The van der Waals surface area contributed by atoms with Crippen molar-refractivity contribution < 1.29 is 17.9 Å². The number of amidine groups is 1. The monoisotopic (exact) mass is 538 g/mol. The van der Waals surface area contributed by atoms with Crippen LogP contribution in [0.3, 0.4) is 0 Å². The van der Waals surface area contributed by atoms with E-state index in [0.29, 0.717) is 40.7 Å². The molecule has 37 heavy (non-hydrogen) atoms. The molecule has 194 valence electrons. The number of rotatable bonds is 8. The molecule has 8 nitrogen and oxygen atoms in total. The number of amides is 1. The number of nitrogens with two attached hydrogens (primary N) is 2. The molecule has 0 aliphatic carbocycles. The summed E-state index contributed by atoms with van der Waals surface area (Å²) in [5.41, 5.74) is 8.78. The van der Waals surface area contributed by atoms with Gasteiger partial charge in [-0.2, -0.15) is 0 Å². The predicted molar refractivity (Wildman–Crippen MR) is 150 cm³/mol. The van der Waals surface area contributed by atoms with Gasteiger partial charge in [0, 0.05) is 23.7 Å². The Hall–Kier alpha value is -3.60. The van der Waals surface area contributed by atoms with Gasteiger partial charge in [-0.3, -0.25) is 0 Å². The number of ether oxygens (including phenoxy) is 1. The predicted octanol–water partition coefficient (Wildman–Crippen LogP) is 4.85. The van der Waals surface area contributed by atoms with Crippen LogP contribution >= 0.6 is 12.2 Å². The van der Waals surface area contributed by atoms with Crippen LogP contribution in [0.4, 0.5) is 4.79 Å². The Balaban J connectivity index is 1.77. The fourth-order valence-corrected chi connectivity index (χ4v) is 4.44. The van der Waals surface area contributed by atoms with E-state index in [0.717, 1.165) is 11.1 Å². The van der Waals surface area contributed by atoms with E-state index < -0.39 is 16.1 Å². The first-order valence-corrected chi connectivity index (χ1v) is 13.6. The lowest BCUT2D eigenvalue weighted by Gasteiger charge is -2.26. The van der Waals surface area contributed by atoms with E-state index in [9.17, 15) is 13.2 Å². The summed E-state index contributed by atoms with van der Waals surface area (Å²) < 4.78 is 29.5. The van der Waals surface area contributed by atoms with Crippen molar-refractivity contribution in [3.63, 3.8) is 0 Å². The van der Waals surface area contributed by atoms with Crippen LogP contribution in [-0.4, -0.2) is 36.3 Å². The van der Waals surface area contributed by atoms with Crippen LogP contribution in [0.25, 0.3) is 11.1 Å². The van der Waals surface area contributed by atoms with Gasteiger partial charge in [-0.1, -0.05) is 67.7 Å². The largest absolute Gasteiger partial charge is 0.415 e. The van der Waals surface area contributed by atoms with Gasteiger partial charge in [0.15, 0.2) is 0 Å². The zero-order valence-corrected chi connectivity index (χ0v) is 22.6. The second-order valence-corrected chi connectivity index (χ2v) is 10.6. The highest BCUT2D eigenvalue weighted by Crippen LogP contribution is 2.28. The Kier molecular flexibility index (Phi) is 9.14. The van der Waals surface area contributed by atoms with Gasteiger partial charge in [-0.15, -0.1) is 0 Å². The van der Waals surface area contributed by atoms with Crippen LogP contribution in [-0.2, 0) is 16.6 Å². The Labute approximate surface area is 223 Å². The van der Waals surface area contributed by atoms with Crippen molar-refractivity contribution in [1.29, 1.82) is 0 Å². The van der Waals surface area contributed by atoms with Gasteiger partial charge in [0.25, 0.3) is 0 Å². The number of nitrogens with zero attached hydrogens (tertiary/aromatic N) is 2. The summed E-state index contributed by atoms with van der Waals surface area (Å²) in [6.07, 6.45) is 0.106. The first kappa shape index (κ1) is 28.0. The zero-order chi connectivity index (χ0) is 27.2. The van der Waals surface area contributed by atoms with Gasteiger partial charge in [0.2, 0.25) is 10.0 Å². The second-order valence-electron chi connectivity index (χ2n) is 8.60. The van der Waals surface area contributed by atoms with Crippen molar-refractivity contribution in [2.24, 2.45) is 15.9 Å². The first-order chi connectivity index (χ1) is 17.5. The summed E-state index contributed by atoms with van der Waals surface area (Å²) in [5.74, 6) is 0.655. The van der Waals surface area contributed by atoms with E-state index in [1.165, 1.54) is 6.07 Å². The van der Waals surface area contributed by atoms with Crippen LogP contribution in [0.2, 0.25) is 0 Å². The maximum atomic E-state index is 13.0. The molecule has 0 fully saturated rings. The SMILES string of the molecule is CCC(=S)N=C(N)c1cccc(CN(C(=O)Oc2ccc(-c3ccccc3S(N)(=O)=O)cc2)C(C)C)c1. The summed E-state index contributed by atoms with van der Waals surface area (Å²) in [7, 11) is -3.89. The fourth-order valence-electron chi connectivity index (χ4n) is 3.58. The van der Waals surface area contributed by atoms with Crippen molar-refractivity contribution in [1.82, 2.24) is 4.90 Å². The van der Waals surface area contributed by atoms with Crippen LogP contribution in [0.5, 0.6) is 5.75 Å². The number of thiocarbonyl (C=S) groups is 1. The average molecular weight is 539 g/mol. The van der Waals surface area contributed by atoms with Gasteiger partial charge in [0.1, 0.15) is 16.6 Å². The molecule has 0 aromatic heterocycles. The van der Waals surface area contributed by atoms with E-state index in [1.807, 2.05) is 45.0 Å². The van der Waals surface area contributed by atoms with Crippen LogP contribution in [0.15, 0.2) is 82.7 Å². The van der Waals surface area contributed by atoms with Gasteiger partial charge in [-0.05, 0) is 55.7 Å². The van der Waals surface area contributed by atoms with Gasteiger partial charge >= 0.3 is 6.09 Å². The summed E-state index contributed by atoms with van der Waals surface area (Å²) in [6.45, 7) is 6.01. The number of hydrogen-bond donors (Lipinski definition) is 2. The number of carbonyl (C=O) groups is 1. The van der Waals surface area contributed by atoms with Crippen LogP contribution in [0.1, 0.15) is 38.3 Å². The topological polar surface area (TPSA) is 128 Å². The van der Waals surface area contributed by atoms with Crippen LogP contribution < -0.4 is 15.6 Å². The molecule has 3 aromatic carbocycles. The molecule has 0 saturated carbocycles. The molecule has 4 N–H and O–H groups in total. The molecular weight excluding hydrogens is 508 g/mol. The molecular formula is C27H30N4O4S2. The summed E-state index contributed by atoms with van der Waals surface area (Å²) in [5, 5.41) is 5.35. The van der Waals surface area contributed by atoms with Gasteiger partial charge in [0.05, 0.1) is 4.90 Å². The van der Waals surface area contributed by atoms with E-state index in [2.05, 4.69) is 4.99 Å². The molecule has 0 saturated heterocycles. The molecule has 0 bridgehead atoms. The lowest BCUT2D eigenvalue weighted by Crippen LogP contribution is -2.38. The molecule has 1 amide bonds. The van der Waals surface area contributed by atoms with Crippen LogP contribution in [0, 0.1) is 0 Å². The molecule has 3 aromatic rings. The molecule has 3 rings (SSSR count). The third-order valence-electron chi connectivity index (χ3n) is 5.55. The first-order valence-electron chi connectivity index (χ1n) is 11.7. The molecule has 0 unspecified atom stereocenters. The van der Waals surface area contributed by atoms with Gasteiger partial charge < -0.3 is 15.4 Å². The van der Waals surface area contributed by atoms with Crippen molar-refractivity contribution in [3.05, 3.63) is 83.9 Å². The fraction of sp³-hybridized carbons (Fsp3) is 0.222. The van der Waals surface area contributed by atoms with E-state index in [4.69, 9.17) is 27.8 Å². The van der Waals surface area contributed by atoms with Gasteiger partial charge in [-0.25, -0.2) is 23.3 Å². The highest BCUT2D eigenvalue weighted by molar-refractivity contribution is 7.89. The van der Waals surface area contributed by atoms with E-state index in [-0.39, 0.29) is 10.9 Å². The summed E-state index contributed by atoms with van der Waals surface area (Å²) in [4.78, 5) is 19.4. The van der Waals surface area contributed by atoms with Crippen molar-refractivity contribution >= 4 is 39.2 Å². The Morgan fingerprint density at radius 1 is 1.05 bits per heavy atom. The molecule has 0 aliphatic rings. The average Bonchev–Trinajstić information content (AvgIpc) is 2.87. The molecule has 0 heterocycles. The Bertz CT molecular complexity index is 1420. The number of aliphatic imine (C=N–C) groups is 1. The van der Waals surface area contributed by atoms with E-state index in [1.54, 1.807) is 47.4 Å². The van der Waals surface area contributed by atoms with E-state index >= 15 is 0 Å². The third-order valence-corrected chi connectivity index (χ3v) is 6.89. The number of sulfonamides is 1. The zero-order valence-electron chi connectivity index (χ0n) is 20.9. The highest BCUT2D eigenvalue weighted by atomic mass is 32.2. The Morgan fingerprint density at radius 2 is 1.73 bits per heavy atom. The molecule has 0 atom stereocenters. The standard InChI is InChI=1S/C27H30N4O4S2/c1-4-25(36)30-26(28)21-9-7-8-19(16-21)17-31(18(2)3)27(32)35-22-14-12-20(13-15-22)23-10-5-6-11-24(23)37(29,33)34/h5-16,18H,4,17H2,1-3H3,(H2,28,30,36)(H2,29,33,34). The normalized spacial score (nSPS) is 11.9. The highest BCUT2D eigenvalue weighted by Gasteiger charge is 2.20. The number of benzene rings is 3. The molecule has 0 spiro atoms. The maximum Gasteiger partial charge on any atom is 0.415 e. The minimum Gasteiger partial charge on any atom is -0.410 e. The second kappa shape index (κ2) is 12.1. The minimum absolute atomic E-state index is 0.0233. The lowest BCUT2D eigenvalue weighted by atomic mass is 10.1.